The molecule has 0 radical (unpaired) electrons. The van der Waals surface area contributed by atoms with E-state index in [2.05, 4.69) is 39.9 Å². The van der Waals surface area contributed by atoms with E-state index in [0.717, 1.165) is 21.2 Å². The number of ether oxygens (including phenoxy) is 1. The van der Waals surface area contributed by atoms with Crippen LogP contribution in [0.2, 0.25) is 0 Å². The van der Waals surface area contributed by atoms with Gasteiger partial charge in [0.2, 0.25) is 0 Å². The second-order valence-corrected chi connectivity index (χ2v) is 5.24. The summed E-state index contributed by atoms with van der Waals surface area (Å²) < 4.78 is 6.78. The lowest BCUT2D eigenvalue weighted by atomic mass is 10.1. The smallest absolute Gasteiger partial charge is 0.0721 e. The number of rotatable bonds is 4. The summed E-state index contributed by atoms with van der Waals surface area (Å²) in [6, 6.07) is 16.2. The molecule has 0 saturated carbocycles. The third-order valence-electron chi connectivity index (χ3n) is 2.72. The maximum Gasteiger partial charge on any atom is 0.0721 e. The zero-order valence-corrected chi connectivity index (χ0v) is 12.7. The third-order valence-corrected chi connectivity index (χ3v) is 3.21. The van der Waals surface area contributed by atoms with Gasteiger partial charge in [0.15, 0.2) is 0 Å². The number of hydrogen-bond donors (Lipinski definition) is 1. The van der Waals surface area contributed by atoms with Crippen LogP contribution in [0.5, 0.6) is 0 Å². The van der Waals surface area contributed by atoms with Gasteiger partial charge in [0.05, 0.1) is 19.8 Å². The van der Waals surface area contributed by atoms with E-state index in [9.17, 15) is 0 Å². The molecule has 2 aromatic carbocycles. The van der Waals surface area contributed by atoms with Crippen LogP contribution in [-0.4, -0.2) is 6.54 Å². The zero-order valence-electron chi connectivity index (χ0n) is 11.1. The SMILES string of the molecule is NCC#Cc1ccc(COCc2cccc(Br)c2)cc1. The Morgan fingerprint density at radius 1 is 1.00 bits per heavy atom. The molecule has 0 atom stereocenters. The molecule has 0 aliphatic rings. The fourth-order valence-corrected chi connectivity index (χ4v) is 2.20. The summed E-state index contributed by atoms with van der Waals surface area (Å²) in [7, 11) is 0. The van der Waals surface area contributed by atoms with Crippen LogP contribution in [0.3, 0.4) is 0 Å². The molecule has 2 aromatic rings. The van der Waals surface area contributed by atoms with Crippen molar-refractivity contribution < 1.29 is 4.74 Å². The van der Waals surface area contributed by atoms with E-state index in [1.54, 1.807) is 0 Å². The molecule has 0 bridgehead atoms. The second-order valence-electron chi connectivity index (χ2n) is 4.33. The van der Waals surface area contributed by atoms with Crippen LogP contribution in [0, 0.1) is 11.8 Å². The van der Waals surface area contributed by atoms with Crippen molar-refractivity contribution in [2.45, 2.75) is 13.2 Å². The summed E-state index contributed by atoms with van der Waals surface area (Å²) in [6.45, 7) is 1.59. The van der Waals surface area contributed by atoms with E-state index < -0.39 is 0 Å². The minimum Gasteiger partial charge on any atom is -0.372 e. The molecule has 3 heteroatoms. The molecule has 0 aromatic heterocycles. The number of halogens is 1. The Kier molecular flexibility index (Phi) is 5.82. The van der Waals surface area contributed by atoms with Gasteiger partial charge in [-0.15, -0.1) is 0 Å². The number of benzene rings is 2. The van der Waals surface area contributed by atoms with E-state index in [1.807, 2.05) is 36.4 Å². The van der Waals surface area contributed by atoms with Crippen LogP contribution in [0.25, 0.3) is 0 Å². The van der Waals surface area contributed by atoms with Crippen molar-refractivity contribution in [3.63, 3.8) is 0 Å². The van der Waals surface area contributed by atoms with Gasteiger partial charge in [-0.25, -0.2) is 0 Å². The number of nitrogens with two attached hydrogens (primary N) is 1. The first kappa shape index (κ1) is 14.8. The van der Waals surface area contributed by atoms with Crippen LogP contribution in [0.1, 0.15) is 16.7 Å². The van der Waals surface area contributed by atoms with E-state index in [4.69, 9.17) is 10.5 Å². The Balaban J connectivity index is 1.85. The van der Waals surface area contributed by atoms with Gasteiger partial charge < -0.3 is 10.5 Å². The summed E-state index contributed by atoms with van der Waals surface area (Å²) in [4.78, 5) is 0. The fourth-order valence-electron chi connectivity index (χ4n) is 1.75. The molecular weight excluding hydrogens is 314 g/mol. The topological polar surface area (TPSA) is 35.2 Å². The van der Waals surface area contributed by atoms with Gasteiger partial charge in [-0.05, 0) is 35.4 Å². The van der Waals surface area contributed by atoms with Crippen molar-refractivity contribution in [2.24, 2.45) is 5.73 Å². The first-order valence-corrected chi connectivity index (χ1v) is 7.17. The molecule has 2 nitrogen and oxygen atoms in total. The summed E-state index contributed by atoms with van der Waals surface area (Å²) >= 11 is 3.45. The largest absolute Gasteiger partial charge is 0.372 e. The predicted molar refractivity (Wildman–Crippen MR) is 85.0 cm³/mol. The van der Waals surface area contributed by atoms with Gasteiger partial charge >= 0.3 is 0 Å². The van der Waals surface area contributed by atoms with E-state index in [-0.39, 0.29) is 0 Å². The molecule has 2 N–H and O–H groups in total. The van der Waals surface area contributed by atoms with Crippen LogP contribution in [0.15, 0.2) is 53.0 Å². The normalized spacial score (nSPS) is 9.90. The monoisotopic (exact) mass is 329 g/mol. The molecule has 0 unspecified atom stereocenters. The highest BCUT2D eigenvalue weighted by molar-refractivity contribution is 9.10. The second kappa shape index (κ2) is 7.86. The number of hydrogen-bond acceptors (Lipinski definition) is 2. The molecule has 0 fully saturated rings. The first-order valence-electron chi connectivity index (χ1n) is 6.38. The lowest BCUT2D eigenvalue weighted by molar-refractivity contribution is 0.107. The zero-order chi connectivity index (χ0) is 14.2. The minimum absolute atomic E-state index is 0.386. The van der Waals surface area contributed by atoms with E-state index in [0.29, 0.717) is 19.8 Å². The molecule has 102 valence electrons. The van der Waals surface area contributed by atoms with Crippen molar-refractivity contribution >= 4 is 15.9 Å². The highest BCUT2D eigenvalue weighted by atomic mass is 79.9. The molecule has 0 spiro atoms. The maximum absolute atomic E-state index is 5.70. The molecule has 2 rings (SSSR count). The van der Waals surface area contributed by atoms with Crippen LogP contribution >= 0.6 is 15.9 Å². The highest BCUT2D eigenvalue weighted by Crippen LogP contribution is 2.13. The molecule has 0 heterocycles. The quantitative estimate of drug-likeness (QED) is 0.871. The lowest BCUT2D eigenvalue weighted by Crippen LogP contribution is -1.95. The predicted octanol–water partition coefficient (Wildman–Crippen LogP) is 3.48. The van der Waals surface area contributed by atoms with Gasteiger partial charge in [-0.1, -0.05) is 52.0 Å². The van der Waals surface area contributed by atoms with E-state index in [1.165, 1.54) is 0 Å². The van der Waals surface area contributed by atoms with Gasteiger partial charge in [-0.3, -0.25) is 0 Å². The standard InChI is InChI=1S/C17H16BrNO/c18-17-5-1-3-16(11-17)13-20-12-15-8-6-14(7-9-15)4-2-10-19/h1,3,5-9,11H,10,12-13,19H2. The average Bonchev–Trinajstić information content (AvgIpc) is 2.46. The molecule has 20 heavy (non-hydrogen) atoms. The molecule has 0 saturated heterocycles. The molecule has 0 amide bonds. The summed E-state index contributed by atoms with van der Waals surface area (Å²) in [6.07, 6.45) is 0. The van der Waals surface area contributed by atoms with Gasteiger partial charge in [0, 0.05) is 10.0 Å². The summed E-state index contributed by atoms with van der Waals surface area (Å²) in [5.74, 6) is 5.83. The third kappa shape index (κ3) is 4.82. The van der Waals surface area contributed by atoms with Gasteiger partial charge in [0.25, 0.3) is 0 Å². The Morgan fingerprint density at radius 2 is 1.75 bits per heavy atom. The van der Waals surface area contributed by atoms with Gasteiger partial charge in [-0.2, -0.15) is 0 Å². The van der Waals surface area contributed by atoms with Crippen molar-refractivity contribution in [1.82, 2.24) is 0 Å². The first-order chi connectivity index (χ1) is 9.78. The van der Waals surface area contributed by atoms with Gasteiger partial charge in [0.1, 0.15) is 0 Å². The van der Waals surface area contributed by atoms with E-state index >= 15 is 0 Å². The molecule has 0 aliphatic carbocycles. The van der Waals surface area contributed by atoms with Crippen LogP contribution < -0.4 is 5.73 Å². The molecular formula is C17H16BrNO. The Bertz CT molecular complexity index is 611. The van der Waals surface area contributed by atoms with Crippen molar-refractivity contribution in [1.29, 1.82) is 0 Å². The van der Waals surface area contributed by atoms with Crippen molar-refractivity contribution in [2.75, 3.05) is 6.54 Å². The Labute approximate surface area is 128 Å². The summed E-state index contributed by atoms with van der Waals surface area (Å²) in [5, 5.41) is 0. The highest BCUT2D eigenvalue weighted by Gasteiger charge is 1.96. The lowest BCUT2D eigenvalue weighted by Gasteiger charge is -2.05. The fraction of sp³-hybridized carbons (Fsp3) is 0.176. The van der Waals surface area contributed by atoms with Crippen molar-refractivity contribution in [3.05, 3.63) is 69.7 Å². The van der Waals surface area contributed by atoms with Crippen molar-refractivity contribution in [3.8, 4) is 11.8 Å². The van der Waals surface area contributed by atoms with Crippen LogP contribution in [-0.2, 0) is 18.0 Å². The summed E-state index contributed by atoms with van der Waals surface area (Å²) in [5.41, 5.74) is 8.61. The Hall–Kier alpha value is -1.60. The molecule has 0 aliphatic heterocycles. The minimum atomic E-state index is 0.386. The average molecular weight is 330 g/mol. The Morgan fingerprint density at radius 3 is 2.45 bits per heavy atom. The van der Waals surface area contributed by atoms with Crippen LogP contribution in [0.4, 0.5) is 0 Å². The maximum atomic E-state index is 5.70.